The van der Waals surface area contributed by atoms with Gasteiger partial charge in [-0.15, -0.1) is 0 Å². The Bertz CT molecular complexity index is 1100. The van der Waals surface area contributed by atoms with Crippen molar-refractivity contribution in [1.82, 2.24) is 24.4 Å². The zero-order chi connectivity index (χ0) is 22.9. The minimum absolute atomic E-state index is 0.0179. The van der Waals surface area contributed by atoms with Gasteiger partial charge in [-0.2, -0.15) is 5.26 Å². The Labute approximate surface area is 191 Å². The summed E-state index contributed by atoms with van der Waals surface area (Å²) in [5.74, 6) is 0.446. The van der Waals surface area contributed by atoms with Gasteiger partial charge in [-0.25, -0.2) is 19.7 Å². The van der Waals surface area contributed by atoms with E-state index in [2.05, 4.69) is 25.9 Å². The number of hydrogen-bond acceptors (Lipinski definition) is 7. The van der Waals surface area contributed by atoms with Gasteiger partial charge in [-0.05, 0) is 32.4 Å². The van der Waals surface area contributed by atoms with Crippen molar-refractivity contribution in [2.24, 2.45) is 11.8 Å². The molecule has 2 unspecified atom stereocenters. The van der Waals surface area contributed by atoms with Gasteiger partial charge in [-0.3, -0.25) is 4.57 Å². The number of halogens is 1. The van der Waals surface area contributed by atoms with E-state index in [0.717, 1.165) is 0 Å². The highest BCUT2D eigenvalue weighted by molar-refractivity contribution is 6.29. The van der Waals surface area contributed by atoms with E-state index in [0.29, 0.717) is 55.0 Å². The molecule has 10 heteroatoms. The van der Waals surface area contributed by atoms with Gasteiger partial charge in [0.05, 0.1) is 12.0 Å². The number of rotatable bonds is 3. The summed E-state index contributed by atoms with van der Waals surface area (Å²) >= 11 is 6.49. The largest absolute Gasteiger partial charge is 0.444 e. The predicted molar refractivity (Wildman–Crippen MR) is 121 cm³/mol. The van der Waals surface area contributed by atoms with Crippen LogP contribution in [0.15, 0.2) is 30.6 Å². The molecule has 32 heavy (non-hydrogen) atoms. The van der Waals surface area contributed by atoms with Gasteiger partial charge in [0.2, 0.25) is 5.28 Å². The summed E-state index contributed by atoms with van der Waals surface area (Å²) in [5.41, 5.74) is 0.728. The number of imidazole rings is 1. The first-order valence-electron chi connectivity index (χ1n) is 10.6. The van der Waals surface area contributed by atoms with Crippen molar-refractivity contribution < 1.29 is 9.53 Å². The maximum absolute atomic E-state index is 12.4. The molecule has 1 saturated heterocycles. The first kappa shape index (κ1) is 22.1. The Morgan fingerprint density at radius 3 is 2.62 bits per heavy atom. The Balaban J connectivity index is 1.53. The highest BCUT2D eigenvalue weighted by atomic mass is 35.5. The summed E-state index contributed by atoms with van der Waals surface area (Å²) in [6.45, 7) is 8.32. The molecule has 1 aliphatic heterocycles. The summed E-state index contributed by atoms with van der Waals surface area (Å²) < 4.78 is 7.30. The summed E-state index contributed by atoms with van der Waals surface area (Å²) in [6, 6.07) is 2.33. The van der Waals surface area contributed by atoms with E-state index in [4.69, 9.17) is 16.3 Å². The van der Waals surface area contributed by atoms with Gasteiger partial charge in [-0.1, -0.05) is 24.3 Å². The number of nitrogens with zero attached hydrogens (tertiary/aromatic N) is 7. The minimum Gasteiger partial charge on any atom is -0.444 e. The number of amides is 1. The molecule has 1 fully saturated rings. The zero-order valence-corrected chi connectivity index (χ0v) is 19.2. The number of nitriles is 1. The average Bonchev–Trinajstić information content (AvgIpc) is 3.08. The zero-order valence-electron chi connectivity index (χ0n) is 18.4. The lowest BCUT2D eigenvalue weighted by Gasteiger charge is -2.36. The monoisotopic (exact) mass is 455 g/mol. The molecule has 0 aromatic carbocycles. The lowest BCUT2D eigenvalue weighted by molar-refractivity contribution is 0.0240. The molecular weight excluding hydrogens is 430 g/mol. The Morgan fingerprint density at radius 2 is 1.94 bits per heavy atom. The number of ether oxygens (including phenoxy) is 1. The van der Waals surface area contributed by atoms with Gasteiger partial charge in [0.25, 0.3) is 0 Å². The molecule has 9 nitrogen and oxygen atoms in total. The minimum atomic E-state index is -0.523. The van der Waals surface area contributed by atoms with Gasteiger partial charge in [0.1, 0.15) is 11.9 Å². The van der Waals surface area contributed by atoms with E-state index in [9.17, 15) is 10.1 Å². The van der Waals surface area contributed by atoms with Gasteiger partial charge in [0, 0.05) is 38.6 Å². The van der Waals surface area contributed by atoms with Crippen molar-refractivity contribution in [3.63, 3.8) is 0 Å². The average molecular weight is 456 g/mol. The third kappa shape index (κ3) is 4.55. The first-order chi connectivity index (χ1) is 15.3. The number of allylic oxidation sites excluding steroid dienone is 4. The maximum atomic E-state index is 12.4. The number of piperazine rings is 1. The van der Waals surface area contributed by atoms with Crippen LogP contribution in [0.3, 0.4) is 0 Å². The summed E-state index contributed by atoms with van der Waals surface area (Å²) in [5, 5.41) is 9.76. The standard InChI is InChI=1S/C22H26ClN7O2/c1-22(2,3)32-21(31)29-10-8-28(9-11-29)18-17-19(26-14-25-18)30(20(23)27-17)13-16-7-5-4-6-15(16)12-24/h4-7,14-16H,8-11,13H2,1-3H3. The Hall–Kier alpha value is -3.12. The quantitative estimate of drug-likeness (QED) is 0.653. The van der Waals surface area contributed by atoms with E-state index >= 15 is 0 Å². The lowest BCUT2D eigenvalue weighted by Crippen LogP contribution is -2.50. The van der Waals surface area contributed by atoms with Crippen LogP contribution in [0, 0.1) is 23.2 Å². The normalized spacial score (nSPS) is 21.1. The SMILES string of the molecule is CC(C)(C)OC(=O)N1CCN(c2ncnc3c2nc(Cl)n3CC2C=CC=CC2C#N)CC1. The van der Waals surface area contributed by atoms with E-state index in [1.54, 1.807) is 4.90 Å². The fourth-order valence-corrected chi connectivity index (χ4v) is 4.13. The molecule has 4 rings (SSSR count). The van der Waals surface area contributed by atoms with Crippen molar-refractivity contribution in [2.45, 2.75) is 32.9 Å². The second kappa shape index (κ2) is 8.79. The molecule has 1 amide bonds. The highest BCUT2D eigenvalue weighted by Gasteiger charge is 2.29. The van der Waals surface area contributed by atoms with Crippen LogP contribution in [0.25, 0.3) is 11.2 Å². The van der Waals surface area contributed by atoms with Crippen molar-refractivity contribution in [3.05, 3.63) is 35.9 Å². The number of anilines is 1. The van der Waals surface area contributed by atoms with Crippen molar-refractivity contribution in [3.8, 4) is 6.07 Å². The van der Waals surface area contributed by atoms with Crippen LogP contribution in [-0.4, -0.2) is 62.3 Å². The van der Waals surface area contributed by atoms with Crippen molar-refractivity contribution in [1.29, 1.82) is 5.26 Å². The lowest BCUT2D eigenvalue weighted by atomic mass is 9.89. The molecule has 168 valence electrons. The second-order valence-electron chi connectivity index (χ2n) is 8.90. The fraction of sp³-hybridized carbons (Fsp3) is 0.500. The van der Waals surface area contributed by atoms with E-state index in [1.165, 1.54) is 6.33 Å². The Kier molecular flexibility index (Phi) is 6.07. The smallest absolute Gasteiger partial charge is 0.410 e. The summed E-state index contributed by atoms with van der Waals surface area (Å²) in [7, 11) is 0. The molecule has 2 aliphatic rings. The fourth-order valence-electron chi connectivity index (χ4n) is 3.90. The van der Waals surface area contributed by atoms with Crippen LogP contribution in [0.5, 0.6) is 0 Å². The molecule has 0 saturated carbocycles. The molecule has 2 aromatic rings. The number of fused-ring (bicyclic) bond motifs is 1. The maximum Gasteiger partial charge on any atom is 0.410 e. The molecule has 2 atom stereocenters. The van der Waals surface area contributed by atoms with Gasteiger partial charge in [0.15, 0.2) is 17.0 Å². The molecule has 3 heterocycles. The van der Waals surface area contributed by atoms with E-state index in [-0.39, 0.29) is 17.9 Å². The van der Waals surface area contributed by atoms with Gasteiger partial charge >= 0.3 is 6.09 Å². The third-order valence-corrected chi connectivity index (χ3v) is 5.78. The van der Waals surface area contributed by atoms with Crippen LogP contribution in [0.4, 0.5) is 10.6 Å². The molecule has 1 aliphatic carbocycles. The van der Waals surface area contributed by atoms with Crippen LogP contribution in [-0.2, 0) is 11.3 Å². The Morgan fingerprint density at radius 1 is 1.22 bits per heavy atom. The first-order valence-corrected chi connectivity index (χ1v) is 11.0. The van der Waals surface area contributed by atoms with Crippen LogP contribution in [0.2, 0.25) is 5.28 Å². The molecular formula is C22H26ClN7O2. The third-order valence-electron chi connectivity index (χ3n) is 5.49. The van der Waals surface area contributed by atoms with Crippen LogP contribution >= 0.6 is 11.6 Å². The molecule has 2 aromatic heterocycles. The number of hydrogen-bond donors (Lipinski definition) is 0. The predicted octanol–water partition coefficient (Wildman–Crippen LogP) is 3.42. The van der Waals surface area contributed by atoms with Crippen LogP contribution < -0.4 is 4.90 Å². The molecule has 0 N–H and O–H groups in total. The van der Waals surface area contributed by atoms with E-state index < -0.39 is 5.60 Å². The summed E-state index contributed by atoms with van der Waals surface area (Å²) in [4.78, 5) is 29.6. The highest BCUT2D eigenvalue weighted by Crippen LogP contribution is 2.29. The number of carbonyl (C=O) groups is 1. The number of aromatic nitrogens is 4. The van der Waals surface area contributed by atoms with E-state index in [1.807, 2.05) is 49.6 Å². The van der Waals surface area contributed by atoms with Gasteiger partial charge < -0.3 is 14.5 Å². The molecule has 0 spiro atoms. The molecule has 0 radical (unpaired) electrons. The number of carbonyl (C=O) groups excluding carboxylic acids is 1. The molecule has 0 bridgehead atoms. The van der Waals surface area contributed by atoms with Crippen molar-refractivity contribution in [2.75, 3.05) is 31.1 Å². The second-order valence-corrected chi connectivity index (χ2v) is 9.24. The van der Waals surface area contributed by atoms with Crippen molar-refractivity contribution >= 4 is 34.7 Å². The van der Waals surface area contributed by atoms with Crippen LogP contribution in [0.1, 0.15) is 20.8 Å². The topological polar surface area (TPSA) is 100 Å². The summed E-state index contributed by atoms with van der Waals surface area (Å²) in [6.07, 6.45) is 8.92.